The first kappa shape index (κ1) is 14.7. The summed E-state index contributed by atoms with van der Waals surface area (Å²) in [5.41, 5.74) is 0.556. The molecule has 2 N–H and O–H groups in total. The van der Waals surface area contributed by atoms with E-state index in [1.165, 1.54) is 6.07 Å². The van der Waals surface area contributed by atoms with E-state index in [1.54, 1.807) is 18.2 Å². The molecule has 3 nitrogen and oxygen atoms in total. The van der Waals surface area contributed by atoms with Crippen molar-refractivity contribution in [3.05, 3.63) is 46.7 Å². The molecule has 0 spiro atoms. The number of guanidine groups is 1. The standard InChI is InChI=1S/C13H17BrFN3/c1-3-7-17-13(16-4-2)18-9-10-8-11(14)5-6-12(10)15/h3,5-6,8H,1,4,7,9H2,2H3,(H2,16,17,18). The monoisotopic (exact) mass is 313 g/mol. The highest BCUT2D eigenvalue weighted by Gasteiger charge is 2.02. The normalized spacial score (nSPS) is 11.2. The Hall–Kier alpha value is -1.36. The summed E-state index contributed by atoms with van der Waals surface area (Å²) < 4.78 is 14.4. The molecule has 0 radical (unpaired) electrons. The van der Waals surface area contributed by atoms with Crippen molar-refractivity contribution in [3.63, 3.8) is 0 Å². The van der Waals surface area contributed by atoms with Gasteiger partial charge < -0.3 is 10.6 Å². The molecule has 0 aromatic heterocycles. The van der Waals surface area contributed by atoms with E-state index in [2.05, 4.69) is 38.1 Å². The zero-order chi connectivity index (χ0) is 13.4. The van der Waals surface area contributed by atoms with Gasteiger partial charge in [-0.05, 0) is 25.1 Å². The average molecular weight is 314 g/mol. The molecule has 0 heterocycles. The summed E-state index contributed by atoms with van der Waals surface area (Å²) in [5, 5.41) is 6.14. The van der Waals surface area contributed by atoms with Gasteiger partial charge in [0.25, 0.3) is 0 Å². The molecule has 1 aromatic carbocycles. The fourth-order valence-corrected chi connectivity index (χ4v) is 1.75. The van der Waals surface area contributed by atoms with E-state index in [0.29, 0.717) is 18.1 Å². The lowest BCUT2D eigenvalue weighted by Gasteiger charge is -2.09. The lowest BCUT2D eigenvalue weighted by molar-refractivity contribution is 0.610. The van der Waals surface area contributed by atoms with Crippen LogP contribution in [0.25, 0.3) is 0 Å². The molecule has 1 aromatic rings. The van der Waals surface area contributed by atoms with Crippen molar-refractivity contribution in [2.45, 2.75) is 13.5 Å². The smallest absolute Gasteiger partial charge is 0.191 e. The van der Waals surface area contributed by atoms with Gasteiger partial charge in [-0.1, -0.05) is 22.0 Å². The van der Waals surface area contributed by atoms with Crippen LogP contribution < -0.4 is 10.6 Å². The first-order valence-corrected chi connectivity index (χ1v) is 6.53. The molecule has 1 rings (SSSR count). The van der Waals surface area contributed by atoms with Crippen molar-refractivity contribution < 1.29 is 4.39 Å². The van der Waals surface area contributed by atoms with Gasteiger partial charge in [0.15, 0.2) is 5.96 Å². The highest BCUT2D eigenvalue weighted by atomic mass is 79.9. The minimum absolute atomic E-state index is 0.249. The van der Waals surface area contributed by atoms with Gasteiger partial charge in [0, 0.05) is 23.1 Å². The van der Waals surface area contributed by atoms with E-state index < -0.39 is 0 Å². The van der Waals surface area contributed by atoms with Gasteiger partial charge >= 0.3 is 0 Å². The van der Waals surface area contributed by atoms with Gasteiger partial charge in [-0.2, -0.15) is 0 Å². The number of rotatable bonds is 5. The van der Waals surface area contributed by atoms with Gasteiger partial charge in [-0.3, -0.25) is 0 Å². The van der Waals surface area contributed by atoms with Crippen LogP contribution in [0.3, 0.4) is 0 Å². The number of nitrogens with zero attached hydrogens (tertiary/aromatic N) is 1. The molecule has 18 heavy (non-hydrogen) atoms. The second-order valence-corrected chi connectivity index (χ2v) is 4.52. The molecule has 0 aliphatic heterocycles. The topological polar surface area (TPSA) is 36.4 Å². The zero-order valence-electron chi connectivity index (χ0n) is 10.3. The number of hydrogen-bond acceptors (Lipinski definition) is 1. The van der Waals surface area contributed by atoms with Gasteiger partial charge in [-0.25, -0.2) is 9.38 Å². The minimum Gasteiger partial charge on any atom is -0.357 e. The molecule has 0 saturated carbocycles. The Balaban J connectivity index is 2.73. The van der Waals surface area contributed by atoms with Crippen LogP contribution in [0.4, 0.5) is 4.39 Å². The predicted octanol–water partition coefficient (Wildman–Crippen LogP) is 2.83. The second kappa shape index (κ2) is 7.87. The Morgan fingerprint density at radius 2 is 2.28 bits per heavy atom. The first-order chi connectivity index (χ1) is 8.67. The molecule has 0 aliphatic carbocycles. The Labute approximate surface area is 115 Å². The maximum absolute atomic E-state index is 13.5. The fraction of sp³-hybridized carbons (Fsp3) is 0.308. The lowest BCUT2D eigenvalue weighted by Crippen LogP contribution is -2.37. The summed E-state index contributed by atoms with van der Waals surface area (Å²) in [6.07, 6.45) is 1.74. The van der Waals surface area contributed by atoms with Gasteiger partial charge in [0.05, 0.1) is 6.54 Å². The molecule has 0 bridgehead atoms. The summed E-state index contributed by atoms with van der Waals surface area (Å²) in [6.45, 7) is 7.26. The average Bonchev–Trinajstić information content (AvgIpc) is 2.36. The van der Waals surface area contributed by atoms with Crippen molar-refractivity contribution >= 4 is 21.9 Å². The molecular formula is C13H17BrFN3. The van der Waals surface area contributed by atoms with E-state index in [1.807, 2.05) is 6.92 Å². The lowest BCUT2D eigenvalue weighted by atomic mass is 10.2. The van der Waals surface area contributed by atoms with Crippen LogP contribution in [-0.2, 0) is 6.54 Å². The van der Waals surface area contributed by atoms with E-state index in [9.17, 15) is 4.39 Å². The van der Waals surface area contributed by atoms with Crippen molar-refractivity contribution in [1.82, 2.24) is 10.6 Å². The highest BCUT2D eigenvalue weighted by molar-refractivity contribution is 9.10. The van der Waals surface area contributed by atoms with Crippen LogP contribution in [0.1, 0.15) is 12.5 Å². The van der Waals surface area contributed by atoms with Crippen LogP contribution in [0.5, 0.6) is 0 Å². The summed E-state index contributed by atoms with van der Waals surface area (Å²) in [4.78, 5) is 4.31. The Morgan fingerprint density at radius 1 is 1.50 bits per heavy atom. The third-order valence-corrected chi connectivity index (χ3v) is 2.67. The molecule has 0 saturated heterocycles. The summed E-state index contributed by atoms with van der Waals surface area (Å²) in [5.74, 6) is 0.401. The quantitative estimate of drug-likeness (QED) is 0.498. The second-order valence-electron chi connectivity index (χ2n) is 3.60. The van der Waals surface area contributed by atoms with Crippen LogP contribution >= 0.6 is 15.9 Å². The number of halogens is 2. The van der Waals surface area contributed by atoms with Crippen LogP contribution in [-0.4, -0.2) is 19.0 Å². The summed E-state index contributed by atoms with van der Waals surface area (Å²) in [6, 6.07) is 4.83. The maximum Gasteiger partial charge on any atom is 0.191 e. The number of nitrogens with one attached hydrogen (secondary N) is 2. The number of benzene rings is 1. The van der Waals surface area contributed by atoms with E-state index >= 15 is 0 Å². The third kappa shape index (κ3) is 4.87. The van der Waals surface area contributed by atoms with E-state index in [-0.39, 0.29) is 12.4 Å². The van der Waals surface area contributed by atoms with Gasteiger partial charge in [0.2, 0.25) is 0 Å². The Kier molecular flexibility index (Phi) is 6.43. The van der Waals surface area contributed by atoms with Gasteiger partial charge in [0.1, 0.15) is 5.82 Å². The predicted molar refractivity (Wildman–Crippen MR) is 77.1 cm³/mol. The van der Waals surface area contributed by atoms with Crippen LogP contribution in [0, 0.1) is 5.82 Å². The van der Waals surface area contributed by atoms with Crippen LogP contribution in [0.15, 0.2) is 40.3 Å². The number of hydrogen-bond donors (Lipinski definition) is 2. The minimum atomic E-state index is -0.249. The molecule has 0 atom stereocenters. The highest BCUT2D eigenvalue weighted by Crippen LogP contribution is 2.16. The van der Waals surface area contributed by atoms with Crippen molar-refractivity contribution in [2.24, 2.45) is 4.99 Å². The number of aliphatic imine (C=N–C) groups is 1. The summed E-state index contributed by atoms with van der Waals surface area (Å²) in [7, 11) is 0. The fourth-order valence-electron chi connectivity index (χ4n) is 1.34. The van der Waals surface area contributed by atoms with Gasteiger partial charge in [-0.15, -0.1) is 6.58 Å². The van der Waals surface area contributed by atoms with Crippen LogP contribution in [0.2, 0.25) is 0 Å². The molecule has 98 valence electrons. The summed E-state index contributed by atoms with van der Waals surface area (Å²) >= 11 is 3.32. The SMILES string of the molecule is C=CCNC(=NCc1cc(Br)ccc1F)NCC. The zero-order valence-corrected chi connectivity index (χ0v) is 11.9. The first-order valence-electron chi connectivity index (χ1n) is 5.74. The molecule has 5 heteroatoms. The molecule has 0 aliphatic rings. The molecule has 0 amide bonds. The third-order valence-electron chi connectivity index (χ3n) is 2.17. The Morgan fingerprint density at radius 3 is 2.94 bits per heavy atom. The van der Waals surface area contributed by atoms with E-state index in [0.717, 1.165) is 11.0 Å². The largest absolute Gasteiger partial charge is 0.357 e. The molecule has 0 unspecified atom stereocenters. The Bertz CT molecular complexity index is 432. The van der Waals surface area contributed by atoms with Crippen molar-refractivity contribution in [3.8, 4) is 0 Å². The maximum atomic E-state index is 13.5. The van der Waals surface area contributed by atoms with E-state index in [4.69, 9.17) is 0 Å². The van der Waals surface area contributed by atoms with Crippen molar-refractivity contribution in [2.75, 3.05) is 13.1 Å². The molecule has 0 fully saturated rings. The molecular weight excluding hydrogens is 297 g/mol. The van der Waals surface area contributed by atoms with Crippen molar-refractivity contribution in [1.29, 1.82) is 0 Å².